The summed E-state index contributed by atoms with van der Waals surface area (Å²) in [7, 11) is 0. The van der Waals surface area contributed by atoms with Gasteiger partial charge in [0.15, 0.2) is 5.76 Å². The second-order valence-electron chi connectivity index (χ2n) is 7.40. The molecule has 3 atom stereocenters. The molecule has 0 aliphatic carbocycles. The van der Waals surface area contributed by atoms with Crippen molar-refractivity contribution in [3.05, 3.63) is 42.4 Å². The number of amides is 1. The Morgan fingerprint density at radius 1 is 1.28 bits per heavy atom. The Kier molecular flexibility index (Phi) is 4.57. The minimum Gasteiger partial charge on any atom is -0.438 e. The van der Waals surface area contributed by atoms with E-state index >= 15 is 0 Å². The third kappa shape index (κ3) is 3.76. The van der Waals surface area contributed by atoms with Crippen LogP contribution in [0.25, 0.3) is 11.3 Å². The van der Waals surface area contributed by atoms with Gasteiger partial charge in [-0.15, -0.1) is 0 Å². The largest absolute Gasteiger partial charge is 0.438 e. The van der Waals surface area contributed by atoms with E-state index in [0.29, 0.717) is 30.3 Å². The molecule has 1 aromatic heterocycles. The molecule has 2 aromatic rings. The predicted octanol–water partition coefficient (Wildman–Crippen LogP) is 3.44. The highest BCUT2D eigenvalue weighted by Crippen LogP contribution is 2.32. The molecule has 3 unspecified atom stereocenters. The highest BCUT2D eigenvalue weighted by atomic mass is 16.4. The van der Waals surface area contributed by atoms with E-state index in [1.165, 1.54) is 12.8 Å². The maximum atomic E-state index is 12.4. The number of nitrogens with zero attached hydrogens (tertiary/aromatic N) is 1. The van der Waals surface area contributed by atoms with Crippen molar-refractivity contribution in [2.45, 2.75) is 57.2 Å². The van der Waals surface area contributed by atoms with Gasteiger partial charge < -0.3 is 15.1 Å². The van der Waals surface area contributed by atoms with Gasteiger partial charge in [-0.25, -0.2) is 4.98 Å². The molecule has 1 aromatic carbocycles. The van der Waals surface area contributed by atoms with E-state index in [4.69, 9.17) is 4.42 Å². The average molecular weight is 339 g/mol. The third-order valence-electron chi connectivity index (χ3n) is 5.37. The average Bonchev–Trinajstić information content (AvgIpc) is 3.22. The molecule has 4 rings (SSSR count). The van der Waals surface area contributed by atoms with Crippen molar-refractivity contribution in [2.75, 3.05) is 0 Å². The number of carbonyl (C=O) groups excluding carboxylic acids is 1. The summed E-state index contributed by atoms with van der Waals surface area (Å²) >= 11 is 0. The molecular formula is C20H25N3O2. The van der Waals surface area contributed by atoms with Crippen molar-refractivity contribution in [3.63, 3.8) is 0 Å². The molecule has 1 amide bonds. The molecule has 2 bridgehead atoms. The normalized spacial score (nSPS) is 26.4. The molecule has 2 aliphatic rings. The van der Waals surface area contributed by atoms with Crippen molar-refractivity contribution in [1.82, 2.24) is 15.6 Å². The number of piperidine rings is 1. The predicted molar refractivity (Wildman–Crippen MR) is 95.8 cm³/mol. The highest BCUT2D eigenvalue weighted by molar-refractivity contribution is 5.76. The summed E-state index contributed by atoms with van der Waals surface area (Å²) in [6, 6.07) is 10.9. The monoisotopic (exact) mass is 339 g/mol. The lowest BCUT2D eigenvalue weighted by molar-refractivity contribution is -0.123. The lowest BCUT2D eigenvalue weighted by Crippen LogP contribution is -2.40. The van der Waals surface area contributed by atoms with Gasteiger partial charge in [0.05, 0.1) is 6.20 Å². The fourth-order valence-corrected chi connectivity index (χ4v) is 4.19. The molecule has 2 aliphatic heterocycles. The first kappa shape index (κ1) is 16.3. The number of benzene rings is 1. The molecule has 0 radical (unpaired) electrons. The molecular weight excluding hydrogens is 314 g/mol. The summed E-state index contributed by atoms with van der Waals surface area (Å²) < 4.78 is 5.83. The lowest BCUT2D eigenvalue weighted by Gasteiger charge is -2.28. The standard InChI is InChI=1S/C20H25N3O2/c1-13(20-21-12-18(25-20)15-5-3-2-4-6-15)22-19(24)11-14-9-16-7-8-17(10-14)23-16/h2-6,12-14,16-17,23H,7-11H2,1H3,(H,22,24). The van der Waals surface area contributed by atoms with Gasteiger partial charge in [0.1, 0.15) is 6.04 Å². The van der Waals surface area contributed by atoms with Gasteiger partial charge in [0, 0.05) is 24.1 Å². The zero-order valence-corrected chi connectivity index (χ0v) is 14.6. The Morgan fingerprint density at radius 2 is 2.00 bits per heavy atom. The minimum atomic E-state index is -0.219. The van der Waals surface area contributed by atoms with E-state index in [-0.39, 0.29) is 11.9 Å². The molecule has 2 fully saturated rings. The first-order chi connectivity index (χ1) is 12.2. The Labute approximate surface area is 148 Å². The van der Waals surface area contributed by atoms with Crippen LogP contribution in [0, 0.1) is 5.92 Å². The zero-order valence-electron chi connectivity index (χ0n) is 14.6. The number of rotatable bonds is 5. The Bertz CT molecular complexity index is 716. The van der Waals surface area contributed by atoms with Crippen LogP contribution in [0.5, 0.6) is 0 Å². The summed E-state index contributed by atoms with van der Waals surface area (Å²) in [5, 5.41) is 6.66. The SMILES string of the molecule is CC(NC(=O)CC1CC2CCC(C1)N2)c1ncc(-c2ccccc2)o1. The smallest absolute Gasteiger partial charge is 0.220 e. The van der Waals surface area contributed by atoms with E-state index in [1.54, 1.807) is 6.20 Å². The van der Waals surface area contributed by atoms with Gasteiger partial charge in [-0.3, -0.25) is 4.79 Å². The van der Waals surface area contributed by atoms with Crippen LogP contribution >= 0.6 is 0 Å². The number of carbonyl (C=O) groups is 1. The summed E-state index contributed by atoms with van der Waals surface area (Å²) in [5.74, 6) is 1.87. The van der Waals surface area contributed by atoms with Crippen LogP contribution in [0.1, 0.15) is 51.0 Å². The number of aromatic nitrogens is 1. The van der Waals surface area contributed by atoms with Gasteiger partial charge in [0.25, 0.3) is 0 Å². The fraction of sp³-hybridized carbons (Fsp3) is 0.500. The number of hydrogen-bond acceptors (Lipinski definition) is 4. The maximum absolute atomic E-state index is 12.4. The quantitative estimate of drug-likeness (QED) is 0.876. The third-order valence-corrected chi connectivity index (χ3v) is 5.37. The van der Waals surface area contributed by atoms with E-state index in [1.807, 2.05) is 37.3 Å². The first-order valence-electron chi connectivity index (χ1n) is 9.24. The van der Waals surface area contributed by atoms with E-state index in [9.17, 15) is 4.79 Å². The van der Waals surface area contributed by atoms with Crippen molar-refractivity contribution >= 4 is 5.91 Å². The minimum absolute atomic E-state index is 0.0956. The molecule has 0 spiro atoms. The molecule has 2 saturated heterocycles. The van der Waals surface area contributed by atoms with Crippen molar-refractivity contribution < 1.29 is 9.21 Å². The maximum Gasteiger partial charge on any atom is 0.220 e. The number of hydrogen-bond donors (Lipinski definition) is 2. The van der Waals surface area contributed by atoms with E-state index < -0.39 is 0 Å². The van der Waals surface area contributed by atoms with Crippen LogP contribution in [0.3, 0.4) is 0 Å². The molecule has 25 heavy (non-hydrogen) atoms. The summed E-state index contributed by atoms with van der Waals surface area (Å²) in [5.41, 5.74) is 0.991. The molecule has 5 nitrogen and oxygen atoms in total. The number of nitrogens with one attached hydrogen (secondary N) is 2. The van der Waals surface area contributed by atoms with Gasteiger partial charge in [-0.05, 0) is 38.5 Å². The molecule has 0 saturated carbocycles. The topological polar surface area (TPSA) is 67.2 Å². The molecule has 132 valence electrons. The highest BCUT2D eigenvalue weighted by Gasteiger charge is 2.34. The molecule has 5 heteroatoms. The van der Waals surface area contributed by atoms with Crippen LogP contribution in [0.4, 0.5) is 0 Å². The fourth-order valence-electron chi connectivity index (χ4n) is 4.19. The van der Waals surface area contributed by atoms with Crippen LogP contribution in [-0.4, -0.2) is 23.0 Å². The van der Waals surface area contributed by atoms with Crippen molar-refractivity contribution in [1.29, 1.82) is 0 Å². The van der Waals surface area contributed by atoms with Crippen LogP contribution in [0.2, 0.25) is 0 Å². The molecule has 3 heterocycles. The van der Waals surface area contributed by atoms with Crippen LogP contribution in [-0.2, 0) is 4.79 Å². The first-order valence-corrected chi connectivity index (χ1v) is 9.24. The number of fused-ring (bicyclic) bond motifs is 2. The number of oxazole rings is 1. The van der Waals surface area contributed by atoms with E-state index in [0.717, 1.165) is 24.2 Å². The van der Waals surface area contributed by atoms with Gasteiger partial charge >= 0.3 is 0 Å². The van der Waals surface area contributed by atoms with Crippen LogP contribution in [0.15, 0.2) is 40.9 Å². The van der Waals surface area contributed by atoms with Crippen LogP contribution < -0.4 is 10.6 Å². The van der Waals surface area contributed by atoms with Gasteiger partial charge in [-0.2, -0.15) is 0 Å². The Morgan fingerprint density at radius 3 is 2.72 bits per heavy atom. The summed E-state index contributed by atoms with van der Waals surface area (Å²) in [6.45, 7) is 1.92. The molecule has 2 N–H and O–H groups in total. The Balaban J connectivity index is 1.33. The second-order valence-corrected chi connectivity index (χ2v) is 7.40. The lowest BCUT2D eigenvalue weighted by atomic mass is 9.89. The summed E-state index contributed by atoms with van der Waals surface area (Å²) in [6.07, 6.45) is 7.09. The van der Waals surface area contributed by atoms with Crippen molar-refractivity contribution in [2.24, 2.45) is 5.92 Å². The van der Waals surface area contributed by atoms with Crippen molar-refractivity contribution in [3.8, 4) is 11.3 Å². The van der Waals surface area contributed by atoms with Gasteiger partial charge in [0.2, 0.25) is 11.8 Å². The van der Waals surface area contributed by atoms with Gasteiger partial charge in [-0.1, -0.05) is 30.3 Å². The summed E-state index contributed by atoms with van der Waals surface area (Å²) in [4.78, 5) is 16.7. The zero-order chi connectivity index (χ0) is 17.2. The van der Waals surface area contributed by atoms with E-state index in [2.05, 4.69) is 15.6 Å². The second kappa shape index (κ2) is 7.00. The Hall–Kier alpha value is -2.14.